The minimum absolute atomic E-state index is 0.0566. The summed E-state index contributed by atoms with van der Waals surface area (Å²) in [6.45, 7) is 15.4. The highest BCUT2D eigenvalue weighted by molar-refractivity contribution is 8.02. The summed E-state index contributed by atoms with van der Waals surface area (Å²) < 4.78 is 4.12. The minimum Gasteiger partial charge on any atom is -0.461 e. The summed E-state index contributed by atoms with van der Waals surface area (Å²) in [6, 6.07) is 4.00. The lowest BCUT2D eigenvalue weighted by Gasteiger charge is -2.41. The Bertz CT molecular complexity index is 1160. The summed E-state index contributed by atoms with van der Waals surface area (Å²) in [6.07, 6.45) is 5.14. The topological polar surface area (TPSA) is 87.1 Å². The lowest BCUT2D eigenvalue weighted by molar-refractivity contribution is -0.155. The van der Waals surface area contributed by atoms with Crippen molar-refractivity contribution in [1.82, 2.24) is 4.90 Å². The second-order valence-electron chi connectivity index (χ2n) is 11.2. The predicted molar refractivity (Wildman–Crippen MR) is 156 cm³/mol. The van der Waals surface area contributed by atoms with Gasteiger partial charge in [0.05, 0.1) is 39.9 Å². The first-order valence-electron chi connectivity index (χ1n) is 13.6. The van der Waals surface area contributed by atoms with Crippen molar-refractivity contribution in [3.63, 3.8) is 0 Å². The quantitative estimate of drug-likeness (QED) is 0.302. The van der Waals surface area contributed by atoms with Crippen LogP contribution in [0.2, 0.25) is 5.02 Å². The van der Waals surface area contributed by atoms with E-state index in [4.69, 9.17) is 16.3 Å². The highest BCUT2D eigenvalue weighted by Gasteiger charge is 2.78. The van der Waals surface area contributed by atoms with Crippen LogP contribution >= 0.6 is 23.4 Å². The number of para-hydroxylation sites is 1. The number of nitrogens with zero attached hydrogens (tertiary/aromatic N) is 2. The van der Waals surface area contributed by atoms with Crippen LogP contribution in [0, 0.1) is 24.7 Å². The second kappa shape index (κ2) is 11.3. The molecule has 3 aliphatic rings. The molecular weight excluding hydrogens is 536 g/mol. The van der Waals surface area contributed by atoms with E-state index in [1.165, 1.54) is 6.08 Å². The van der Waals surface area contributed by atoms with Crippen molar-refractivity contribution in [3.8, 4) is 0 Å². The van der Waals surface area contributed by atoms with Gasteiger partial charge in [-0.3, -0.25) is 14.4 Å². The number of hydrogen-bond acceptors (Lipinski definition) is 6. The van der Waals surface area contributed by atoms with Crippen LogP contribution in [-0.4, -0.2) is 69.1 Å². The second-order valence-corrected chi connectivity index (χ2v) is 13.5. The van der Waals surface area contributed by atoms with Gasteiger partial charge in [-0.25, -0.2) is 0 Å². The lowest BCUT2D eigenvalue weighted by Crippen LogP contribution is -2.59. The molecule has 3 heterocycles. The number of benzene rings is 1. The van der Waals surface area contributed by atoms with Crippen molar-refractivity contribution in [2.45, 2.75) is 68.5 Å². The van der Waals surface area contributed by atoms with Crippen LogP contribution in [-0.2, 0) is 19.1 Å². The molecule has 3 saturated heterocycles. The van der Waals surface area contributed by atoms with Crippen LogP contribution in [0.25, 0.3) is 0 Å². The number of amides is 2. The molecule has 0 radical (unpaired) electrons. The molecule has 2 bridgehead atoms. The van der Waals surface area contributed by atoms with Gasteiger partial charge in [0.25, 0.3) is 5.91 Å². The standard InChI is InChI=1S/C30H39ClN2O5S/c1-7-15-32(24-19(5)11-10-12-20(24)31)27(36)25-30-14-13-29(6,39-30)23(28(37)38-16-8-2)22(30)26(35)33(25)21(17-34)18(4)9-3/h7-8,10-12,18,21-23,25,34H,1-2,9,13-17H2,3-6H3/t18-,21-,22-,23+,25?,29-,30?/m0/s1. The minimum atomic E-state index is -0.888. The normalized spacial score (nSPS) is 30.6. The molecule has 7 nitrogen and oxygen atoms in total. The van der Waals surface area contributed by atoms with Gasteiger partial charge in [-0.1, -0.05) is 62.7 Å². The van der Waals surface area contributed by atoms with Gasteiger partial charge in [0.1, 0.15) is 12.6 Å². The number of hydrogen-bond donors (Lipinski definition) is 1. The van der Waals surface area contributed by atoms with Crippen LogP contribution in [0.4, 0.5) is 5.69 Å². The molecule has 3 fully saturated rings. The molecule has 1 aromatic carbocycles. The predicted octanol–water partition coefficient (Wildman–Crippen LogP) is 4.78. The van der Waals surface area contributed by atoms with Crippen LogP contribution in [0.5, 0.6) is 0 Å². The van der Waals surface area contributed by atoms with Crippen molar-refractivity contribution in [1.29, 1.82) is 0 Å². The maximum absolute atomic E-state index is 14.8. The van der Waals surface area contributed by atoms with Gasteiger partial charge in [-0.05, 0) is 44.2 Å². The Morgan fingerprint density at radius 2 is 2.05 bits per heavy atom. The van der Waals surface area contributed by atoms with Crippen molar-refractivity contribution in [2.24, 2.45) is 17.8 Å². The SMILES string of the molecule is C=CCOC(=O)[C@H]1[C@H]2C(=O)N([C@@H](CO)[C@@H](C)CC)C(C(=O)N(CC=C)c3c(C)cccc3Cl)C23CC[C@]1(C)S3. The number of rotatable bonds is 11. The molecule has 212 valence electrons. The monoisotopic (exact) mass is 574 g/mol. The fourth-order valence-corrected chi connectivity index (χ4v) is 9.59. The third kappa shape index (κ3) is 4.62. The van der Waals surface area contributed by atoms with Gasteiger partial charge in [0.2, 0.25) is 5.91 Å². The summed E-state index contributed by atoms with van der Waals surface area (Å²) in [4.78, 5) is 45.9. The summed E-state index contributed by atoms with van der Waals surface area (Å²) >= 11 is 8.21. The summed E-state index contributed by atoms with van der Waals surface area (Å²) in [7, 11) is 0. The van der Waals surface area contributed by atoms with E-state index < -0.39 is 39.4 Å². The Labute approximate surface area is 240 Å². The van der Waals surface area contributed by atoms with Gasteiger partial charge in [0, 0.05) is 11.3 Å². The average molecular weight is 575 g/mol. The Hall–Kier alpha value is -2.29. The van der Waals surface area contributed by atoms with E-state index in [2.05, 4.69) is 13.2 Å². The van der Waals surface area contributed by atoms with E-state index in [9.17, 15) is 19.5 Å². The highest BCUT2D eigenvalue weighted by atomic mass is 35.5. The number of anilines is 1. The first-order chi connectivity index (χ1) is 18.5. The molecule has 0 saturated carbocycles. The molecule has 4 rings (SSSR count). The lowest BCUT2D eigenvalue weighted by atomic mass is 9.66. The van der Waals surface area contributed by atoms with Gasteiger partial charge in [-0.15, -0.1) is 18.3 Å². The number of aliphatic hydroxyl groups excluding tert-OH is 1. The average Bonchev–Trinajstić information content (AvgIpc) is 3.47. The summed E-state index contributed by atoms with van der Waals surface area (Å²) in [5, 5.41) is 11.0. The van der Waals surface area contributed by atoms with Crippen LogP contribution in [0.1, 0.15) is 45.6 Å². The molecule has 0 aliphatic carbocycles. The third-order valence-electron chi connectivity index (χ3n) is 8.93. The first kappa shape index (κ1) is 29.7. The van der Waals surface area contributed by atoms with Gasteiger partial charge in [0.15, 0.2) is 0 Å². The van der Waals surface area contributed by atoms with Crippen molar-refractivity contribution >= 4 is 46.8 Å². The van der Waals surface area contributed by atoms with Crippen LogP contribution in [0.15, 0.2) is 43.5 Å². The number of fused-ring (bicyclic) bond motifs is 1. The molecule has 1 N–H and O–H groups in total. The Morgan fingerprint density at radius 3 is 2.64 bits per heavy atom. The molecule has 0 aromatic heterocycles. The van der Waals surface area contributed by atoms with E-state index in [0.717, 1.165) is 5.56 Å². The number of carbonyl (C=O) groups is 3. The van der Waals surface area contributed by atoms with E-state index >= 15 is 0 Å². The molecule has 3 aliphatic heterocycles. The van der Waals surface area contributed by atoms with Crippen LogP contribution < -0.4 is 4.90 Å². The number of esters is 1. The number of halogens is 1. The van der Waals surface area contributed by atoms with E-state index in [1.54, 1.807) is 33.7 Å². The molecule has 2 unspecified atom stereocenters. The molecule has 2 amide bonds. The Morgan fingerprint density at radius 1 is 1.33 bits per heavy atom. The van der Waals surface area contributed by atoms with Crippen LogP contribution in [0.3, 0.4) is 0 Å². The zero-order valence-corrected chi connectivity index (χ0v) is 24.8. The van der Waals surface area contributed by atoms with Crippen molar-refractivity contribution in [2.75, 3.05) is 24.7 Å². The van der Waals surface area contributed by atoms with Gasteiger partial charge in [-0.2, -0.15) is 0 Å². The fraction of sp³-hybridized carbons (Fsp3) is 0.567. The number of carbonyl (C=O) groups excluding carboxylic acids is 3. The maximum atomic E-state index is 14.8. The molecule has 1 spiro atoms. The largest absolute Gasteiger partial charge is 0.461 e. The zero-order chi connectivity index (χ0) is 28.7. The fourth-order valence-electron chi connectivity index (χ4n) is 6.94. The number of thioether (sulfide) groups is 1. The maximum Gasteiger partial charge on any atom is 0.311 e. The number of aliphatic hydroxyl groups is 1. The zero-order valence-electron chi connectivity index (χ0n) is 23.2. The van der Waals surface area contributed by atoms with Gasteiger partial charge < -0.3 is 19.6 Å². The molecular formula is C30H39ClN2O5S. The first-order valence-corrected chi connectivity index (χ1v) is 14.8. The number of likely N-dealkylation sites (tertiary alicyclic amines) is 1. The van der Waals surface area contributed by atoms with E-state index in [1.807, 2.05) is 39.8 Å². The molecule has 1 aromatic rings. The Balaban J connectivity index is 1.89. The summed E-state index contributed by atoms with van der Waals surface area (Å²) in [5.74, 6) is -2.48. The smallest absolute Gasteiger partial charge is 0.311 e. The molecule has 39 heavy (non-hydrogen) atoms. The van der Waals surface area contributed by atoms with Crippen molar-refractivity contribution < 1.29 is 24.2 Å². The number of aryl methyl sites for hydroxylation is 1. The molecule has 7 atom stereocenters. The molecule has 9 heteroatoms. The number of ether oxygens (including phenoxy) is 1. The van der Waals surface area contributed by atoms with Gasteiger partial charge >= 0.3 is 5.97 Å². The van der Waals surface area contributed by atoms with E-state index in [-0.39, 0.29) is 37.5 Å². The summed E-state index contributed by atoms with van der Waals surface area (Å²) in [5.41, 5.74) is 1.40. The highest BCUT2D eigenvalue weighted by Crippen LogP contribution is 2.72. The third-order valence-corrected chi connectivity index (χ3v) is 11.2. The van der Waals surface area contributed by atoms with E-state index in [0.29, 0.717) is 30.0 Å². The van der Waals surface area contributed by atoms with Crippen molar-refractivity contribution in [3.05, 3.63) is 54.1 Å². The Kier molecular flexibility index (Phi) is 8.60.